The molecule has 0 spiro atoms. The molecular formula is C27H46NO6+. The van der Waals surface area contributed by atoms with Crippen molar-refractivity contribution in [1.82, 2.24) is 0 Å². The van der Waals surface area contributed by atoms with Gasteiger partial charge in [-0.05, 0) is 45.4 Å². The standard InChI is InChI=1S/C27H45NO6/c1-5-9-10-11-12-13-25(29)23-14-15-26(30)24(22-23)27(31)34-21-20-33-19-18-32-17-16-28(6-2,7-3)8-4/h14-15,22H,5-13,16-21H2,1-4H3/p+1. The van der Waals surface area contributed by atoms with Crippen LogP contribution in [0.2, 0.25) is 0 Å². The summed E-state index contributed by atoms with van der Waals surface area (Å²) in [6.45, 7) is 15.0. The van der Waals surface area contributed by atoms with Gasteiger partial charge in [0.1, 0.15) is 24.5 Å². The number of rotatable bonds is 20. The van der Waals surface area contributed by atoms with Gasteiger partial charge in [0.25, 0.3) is 0 Å². The Balaban J connectivity index is 2.29. The molecule has 1 aromatic rings. The van der Waals surface area contributed by atoms with Crippen molar-refractivity contribution >= 4 is 11.8 Å². The van der Waals surface area contributed by atoms with Crippen LogP contribution in [-0.2, 0) is 14.2 Å². The number of ether oxygens (including phenoxy) is 3. The first-order valence-electron chi connectivity index (χ1n) is 13.0. The first-order chi connectivity index (χ1) is 16.4. The van der Waals surface area contributed by atoms with E-state index in [-0.39, 0.29) is 30.3 Å². The molecule has 7 nitrogen and oxygen atoms in total. The average molecular weight is 481 g/mol. The molecule has 0 saturated heterocycles. The van der Waals surface area contributed by atoms with Crippen LogP contribution in [0.15, 0.2) is 18.2 Å². The Labute approximate surface area is 206 Å². The van der Waals surface area contributed by atoms with Gasteiger partial charge in [-0.3, -0.25) is 4.79 Å². The summed E-state index contributed by atoms with van der Waals surface area (Å²) in [7, 11) is 0. The van der Waals surface area contributed by atoms with Crippen molar-refractivity contribution in [2.75, 3.05) is 59.2 Å². The number of unbranched alkanes of at least 4 members (excludes halogenated alkanes) is 4. The van der Waals surface area contributed by atoms with Crippen LogP contribution in [0.25, 0.3) is 0 Å². The second kappa shape index (κ2) is 17.5. The van der Waals surface area contributed by atoms with E-state index >= 15 is 0 Å². The third-order valence-corrected chi connectivity index (χ3v) is 6.60. The Hall–Kier alpha value is -1.96. The molecule has 7 heteroatoms. The van der Waals surface area contributed by atoms with Gasteiger partial charge in [0.2, 0.25) is 0 Å². The Morgan fingerprint density at radius 2 is 1.44 bits per heavy atom. The zero-order chi connectivity index (χ0) is 25.2. The van der Waals surface area contributed by atoms with Gasteiger partial charge in [0.05, 0.1) is 46.1 Å². The van der Waals surface area contributed by atoms with Gasteiger partial charge in [0, 0.05) is 12.0 Å². The van der Waals surface area contributed by atoms with Gasteiger partial charge in [-0.15, -0.1) is 0 Å². The van der Waals surface area contributed by atoms with Crippen molar-refractivity contribution in [2.24, 2.45) is 0 Å². The lowest BCUT2D eigenvalue weighted by molar-refractivity contribution is -0.923. The number of phenols is 1. The van der Waals surface area contributed by atoms with E-state index in [9.17, 15) is 14.7 Å². The average Bonchev–Trinajstić information content (AvgIpc) is 2.85. The van der Waals surface area contributed by atoms with Crippen LogP contribution in [0.5, 0.6) is 5.75 Å². The van der Waals surface area contributed by atoms with Crippen LogP contribution in [0.4, 0.5) is 0 Å². The van der Waals surface area contributed by atoms with Crippen LogP contribution in [0, 0.1) is 0 Å². The van der Waals surface area contributed by atoms with Crippen molar-refractivity contribution in [2.45, 2.75) is 66.2 Å². The van der Waals surface area contributed by atoms with Crippen LogP contribution in [0.3, 0.4) is 0 Å². The predicted molar refractivity (Wildman–Crippen MR) is 134 cm³/mol. The molecule has 0 unspecified atom stereocenters. The predicted octanol–water partition coefficient (Wildman–Crippen LogP) is 5.00. The minimum absolute atomic E-state index is 0.00421. The topological polar surface area (TPSA) is 82.1 Å². The summed E-state index contributed by atoms with van der Waals surface area (Å²) in [5.74, 6) is -0.885. The summed E-state index contributed by atoms with van der Waals surface area (Å²) in [4.78, 5) is 24.8. The number of hydrogen-bond acceptors (Lipinski definition) is 6. The molecule has 0 aromatic heterocycles. The monoisotopic (exact) mass is 480 g/mol. The number of ketones is 1. The summed E-state index contributed by atoms with van der Waals surface area (Å²) in [6, 6.07) is 4.34. The molecule has 0 heterocycles. The number of Topliss-reactive ketones (excluding diaryl/α,β-unsaturated/α-hetero) is 1. The number of carbonyl (C=O) groups excluding carboxylic acids is 2. The molecule has 34 heavy (non-hydrogen) atoms. The quantitative estimate of drug-likeness (QED) is 0.122. The fourth-order valence-corrected chi connectivity index (χ4v) is 3.90. The van der Waals surface area contributed by atoms with Crippen molar-refractivity contribution < 1.29 is 33.4 Å². The first kappa shape index (κ1) is 30.1. The van der Waals surface area contributed by atoms with Crippen LogP contribution >= 0.6 is 0 Å². The Kier molecular flexibility index (Phi) is 15.5. The highest BCUT2D eigenvalue weighted by Gasteiger charge is 2.20. The molecule has 0 aliphatic heterocycles. The number of phenolic OH excluding ortho intramolecular Hbond substituents is 1. The van der Waals surface area contributed by atoms with Crippen molar-refractivity contribution in [3.05, 3.63) is 29.3 Å². The van der Waals surface area contributed by atoms with Gasteiger partial charge in [-0.1, -0.05) is 32.6 Å². The molecule has 0 fully saturated rings. The van der Waals surface area contributed by atoms with Gasteiger partial charge in [-0.25, -0.2) is 4.79 Å². The highest BCUT2D eigenvalue weighted by Crippen LogP contribution is 2.21. The number of aromatic hydroxyl groups is 1. The highest BCUT2D eigenvalue weighted by molar-refractivity contribution is 6.00. The van der Waals surface area contributed by atoms with E-state index in [1.807, 2.05) is 0 Å². The third-order valence-electron chi connectivity index (χ3n) is 6.60. The zero-order valence-corrected chi connectivity index (χ0v) is 21.8. The van der Waals surface area contributed by atoms with Crippen LogP contribution in [0.1, 0.15) is 86.9 Å². The van der Waals surface area contributed by atoms with Gasteiger partial charge in [0.15, 0.2) is 5.78 Å². The lowest BCUT2D eigenvalue weighted by atomic mass is 10.0. The Morgan fingerprint density at radius 3 is 2.09 bits per heavy atom. The SMILES string of the molecule is CCCCCCCC(=O)c1ccc(O)c(C(=O)OCCOCCOCC[N+](CC)(CC)CC)c1. The summed E-state index contributed by atoms with van der Waals surface area (Å²) in [5, 5.41) is 10.0. The number of quaternary nitrogens is 1. The number of nitrogens with zero attached hydrogens (tertiary/aromatic N) is 1. The van der Waals surface area contributed by atoms with Crippen molar-refractivity contribution in [1.29, 1.82) is 0 Å². The Bertz CT molecular complexity index is 709. The second-order valence-electron chi connectivity index (χ2n) is 8.69. The Morgan fingerprint density at radius 1 is 0.824 bits per heavy atom. The maximum atomic E-state index is 12.4. The van der Waals surface area contributed by atoms with E-state index in [1.165, 1.54) is 18.6 Å². The highest BCUT2D eigenvalue weighted by atomic mass is 16.6. The summed E-state index contributed by atoms with van der Waals surface area (Å²) in [6.07, 6.45) is 5.75. The van der Waals surface area contributed by atoms with Crippen LogP contribution < -0.4 is 0 Å². The second-order valence-corrected chi connectivity index (χ2v) is 8.69. The van der Waals surface area contributed by atoms with Gasteiger partial charge < -0.3 is 23.8 Å². The number of esters is 1. The molecule has 0 bridgehead atoms. The zero-order valence-electron chi connectivity index (χ0n) is 21.8. The molecule has 0 atom stereocenters. The van der Waals surface area contributed by atoms with E-state index in [1.54, 1.807) is 6.07 Å². The largest absolute Gasteiger partial charge is 0.507 e. The molecule has 1 N–H and O–H groups in total. The fraction of sp³-hybridized carbons (Fsp3) is 0.704. The molecule has 194 valence electrons. The lowest BCUT2D eigenvalue weighted by Gasteiger charge is -2.35. The molecule has 1 rings (SSSR count). The summed E-state index contributed by atoms with van der Waals surface area (Å²) in [5.41, 5.74) is 0.426. The van der Waals surface area contributed by atoms with Gasteiger partial charge in [-0.2, -0.15) is 0 Å². The molecular weight excluding hydrogens is 434 g/mol. The van der Waals surface area contributed by atoms with E-state index in [4.69, 9.17) is 14.2 Å². The molecule has 0 aliphatic rings. The minimum atomic E-state index is -0.664. The first-order valence-corrected chi connectivity index (χ1v) is 13.0. The van der Waals surface area contributed by atoms with Crippen molar-refractivity contribution in [3.63, 3.8) is 0 Å². The fourth-order valence-electron chi connectivity index (χ4n) is 3.90. The smallest absolute Gasteiger partial charge is 0.342 e. The number of hydrogen-bond donors (Lipinski definition) is 1. The maximum Gasteiger partial charge on any atom is 0.342 e. The summed E-state index contributed by atoms with van der Waals surface area (Å²) < 4.78 is 17.4. The number of likely N-dealkylation sites (N-methyl/N-ethyl adjacent to an activating group) is 1. The van der Waals surface area contributed by atoms with E-state index in [0.29, 0.717) is 31.8 Å². The van der Waals surface area contributed by atoms with Crippen LogP contribution in [-0.4, -0.2) is 80.6 Å². The molecule has 0 saturated carbocycles. The number of benzene rings is 1. The molecule has 1 aromatic carbocycles. The number of carbonyl (C=O) groups is 2. The molecule has 0 radical (unpaired) electrons. The molecule has 0 aliphatic carbocycles. The normalized spacial score (nSPS) is 11.5. The molecule has 0 amide bonds. The summed E-state index contributed by atoms with van der Waals surface area (Å²) >= 11 is 0. The van der Waals surface area contributed by atoms with E-state index < -0.39 is 5.97 Å². The van der Waals surface area contributed by atoms with E-state index in [0.717, 1.165) is 56.3 Å². The van der Waals surface area contributed by atoms with E-state index in [2.05, 4.69) is 27.7 Å². The lowest BCUT2D eigenvalue weighted by Crippen LogP contribution is -2.49. The third kappa shape index (κ3) is 11.0. The van der Waals surface area contributed by atoms with Gasteiger partial charge >= 0.3 is 5.97 Å². The van der Waals surface area contributed by atoms with Crippen molar-refractivity contribution in [3.8, 4) is 5.75 Å². The minimum Gasteiger partial charge on any atom is -0.507 e. The maximum absolute atomic E-state index is 12.4.